The van der Waals surface area contributed by atoms with Crippen LogP contribution in [-0.2, 0) is 0 Å². The Labute approximate surface area is 126 Å². The zero-order valence-electron chi connectivity index (χ0n) is 13.4. The van der Waals surface area contributed by atoms with Crippen LogP contribution < -0.4 is 4.74 Å². The zero-order chi connectivity index (χ0) is 15.6. The number of ether oxygens (including phenoxy) is 1. The van der Waals surface area contributed by atoms with Gasteiger partial charge in [-0.15, -0.1) is 0 Å². The summed E-state index contributed by atoms with van der Waals surface area (Å²) >= 11 is 0. The molecule has 4 heteroatoms. The van der Waals surface area contributed by atoms with Crippen molar-refractivity contribution in [3.05, 3.63) is 29.6 Å². The van der Waals surface area contributed by atoms with Gasteiger partial charge in [0, 0.05) is 11.6 Å². The minimum atomic E-state index is -0.828. The van der Waals surface area contributed by atoms with E-state index in [0.29, 0.717) is 17.2 Å². The molecule has 0 aromatic heterocycles. The molecule has 1 aliphatic rings. The van der Waals surface area contributed by atoms with E-state index in [0.717, 1.165) is 25.7 Å². The highest BCUT2D eigenvalue weighted by atomic mass is 19.1. The molecule has 0 bridgehead atoms. The van der Waals surface area contributed by atoms with Crippen molar-refractivity contribution in [1.82, 2.24) is 4.90 Å². The second-order valence-electron chi connectivity index (χ2n) is 6.47. The van der Waals surface area contributed by atoms with Crippen molar-refractivity contribution in [3.8, 4) is 5.75 Å². The number of benzene rings is 1. The van der Waals surface area contributed by atoms with Gasteiger partial charge in [-0.3, -0.25) is 0 Å². The van der Waals surface area contributed by atoms with Crippen molar-refractivity contribution in [2.75, 3.05) is 21.2 Å². The third-order valence-corrected chi connectivity index (χ3v) is 5.04. The Morgan fingerprint density at radius 1 is 1.33 bits per heavy atom. The molecular weight excluding hydrogens is 269 g/mol. The standard InChI is InChI=1S/C17H26FNO2/c1-12-7-9-17(10-8-12,19(2)3)16(20)14-6-5-13(21-4)11-15(14)18/h5-6,11-12,16,20H,7-10H2,1-4H3. The van der Waals surface area contributed by atoms with Crippen LogP contribution in [0.5, 0.6) is 5.75 Å². The van der Waals surface area contributed by atoms with Gasteiger partial charge in [0.25, 0.3) is 0 Å². The summed E-state index contributed by atoms with van der Waals surface area (Å²) in [5.74, 6) is 0.743. The molecule has 1 N–H and O–H groups in total. The van der Waals surface area contributed by atoms with Crippen molar-refractivity contribution >= 4 is 0 Å². The number of halogens is 1. The molecule has 0 heterocycles. The van der Waals surface area contributed by atoms with Gasteiger partial charge in [-0.2, -0.15) is 0 Å². The quantitative estimate of drug-likeness (QED) is 0.924. The maximum atomic E-state index is 14.3. The smallest absolute Gasteiger partial charge is 0.132 e. The van der Waals surface area contributed by atoms with E-state index in [9.17, 15) is 9.50 Å². The van der Waals surface area contributed by atoms with Gasteiger partial charge >= 0.3 is 0 Å². The molecule has 118 valence electrons. The van der Waals surface area contributed by atoms with Crippen LogP contribution in [0.4, 0.5) is 4.39 Å². The Kier molecular flexibility index (Phi) is 4.89. The average molecular weight is 295 g/mol. The summed E-state index contributed by atoms with van der Waals surface area (Å²) in [5.41, 5.74) is -0.0267. The number of rotatable bonds is 4. The number of hydrogen-bond acceptors (Lipinski definition) is 3. The fourth-order valence-corrected chi connectivity index (χ4v) is 3.37. The molecule has 0 aliphatic heterocycles. The molecular formula is C17H26FNO2. The topological polar surface area (TPSA) is 32.7 Å². The number of hydrogen-bond donors (Lipinski definition) is 1. The summed E-state index contributed by atoms with van der Waals surface area (Å²) in [6, 6.07) is 4.69. The van der Waals surface area contributed by atoms with Gasteiger partial charge in [-0.1, -0.05) is 6.92 Å². The molecule has 3 nitrogen and oxygen atoms in total. The first-order valence-electron chi connectivity index (χ1n) is 7.59. The Morgan fingerprint density at radius 2 is 1.95 bits per heavy atom. The lowest BCUT2D eigenvalue weighted by Crippen LogP contribution is -2.51. The Bertz CT molecular complexity index is 482. The number of aliphatic hydroxyl groups excluding tert-OH is 1. The van der Waals surface area contributed by atoms with E-state index >= 15 is 0 Å². The van der Waals surface area contributed by atoms with Crippen LogP contribution >= 0.6 is 0 Å². The van der Waals surface area contributed by atoms with Crippen LogP contribution in [0.3, 0.4) is 0 Å². The SMILES string of the molecule is COc1ccc(C(O)C2(N(C)C)CCC(C)CC2)c(F)c1. The highest BCUT2D eigenvalue weighted by molar-refractivity contribution is 5.32. The van der Waals surface area contributed by atoms with Gasteiger partial charge in [-0.05, 0) is 57.8 Å². The van der Waals surface area contributed by atoms with Crippen LogP contribution in [0.1, 0.15) is 44.3 Å². The first-order chi connectivity index (χ1) is 9.90. The second kappa shape index (κ2) is 6.32. The third-order valence-electron chi connectivity index (χ3n) is 5.04. The van der Waals surface area contributed by atoms with Gasteiger partial charge in [0.05, 0.1) is 12.6 Å². The van der Waals surface area contributed by atoms with Gasteiger partial charge in [-0.25, -0.2) is 4.39 Å². The molecule has 1 atom stereocenters. The van der Waals surface area contributed by atoms with E-state index in [4.69, 9.17) is 4.74 Å². The highest BCUT2D eigenvalue weighted by Gasteiger charge is 2.43. The Morgan fingerprint density at radius 3 is 2.43 bits per heavy atom. The molecule has 1 saturated carbocycles. The van der Waals surface area contributed by atoms with Crippen LogP contribution in [-0.4, -0.2) is 36.8 Å². The average Bonchev–Trinajstić information content (AvgIpc) is 2.47. The lowest BCUT2D eigenvalue weighted by Gasteiger charge is -2.47. The minimum absolute atomic E-state index is 0.360. The lowest BCUT2D eigenvalue weighted by atomic mass is 9.71. The lowest BCUT2D eigenvalue weighted by molar-refractivity contribution is -0.0423. The number of nitrogens with zero attached hydrogens (tertiary/aromatic N) is 1. The molecule has 0 spiro atoms. The van der Waals surface area contributed by atoms with E-state index in [2.05, 4.69) is 11.8 Å². The molecule has 1 aliphatic carbocycles. The van der Waals surface area contributed by atoms with Crippen molar-refractivity contribution in [1.29, 1.82) is 0 Å². The second-order valence-corrected chi connectivity index (χ2v) is 6.47. The van der Waals surface area contributed by atoms with Gasteiger partial charge in [0.2, 0.25) is 0 Å². The van der Waals surface area contributed by atoms with Crippen LogP contribution in [0, 0.1) is 11.7 Å². The summed E-state index contributed by atoms with van der Waals surface area (Å²) in [7, 11) is 5.45. The fraction of sp³-hybridized carbons (Fsp3) is 0.647. The number of methoxy groups -OCH3 is 1. The summed E-state index contributed by atoms with van der Waals surface area (Å²) in [6.07, 6.45) is 3.06. The van der Waals surface area contributed by atoms with Crippen LogP contribution in [0.15, 0.2) is 18.2 Å². The summed E-state index contributed by atoms with van der Waals surface area (Å²) in [6.45, 7) is 2.24. The molecule has 1 fully saturated rings. The fourth-order valence-electron chi connectivity index (χ4n) is 3.37. The summed E-state index contributed by atoms with van der Waals surface area (Å²) in [4.78, 5) is 2.06. The molecule has 1 aromatic carbocycles. The molecule has 0 amide bonds. The maximum absolute atomic E-state index is 14.3. The van der Waals surface area contributed by atoms with E-state index in [1.165, 1.54) is 13.2 Å². The first kappa shape index (κ1) is 16.2. The van der Waals surface area contributed by atoms with E-state index in [-0.39, 0.29) is 5.54 Å². The zero-order valence-corrected chi connectivity index (χ0v) is 13.4. The van der Waals surface area contributed by atoms with Crippen molar-refractivity contribution in [2.24, 2.45) is 5.92 Å². The van der Waals surface area contributed by atoms with Crippen molar-refractivity contribution in [3.63, 3.8) is 0 Å². The van der Waals surface area contributed by atoms with Gasteiger partial charge in [0.15, 0.2) is 0 Å². The summed E-state index contributed by atoms with van der Waals surface area (Å²) < 4.78 is 19.3. The third kappa shape index (κ3) is 3.06. The van der Waals surface area contributed by atoms with E-state index < -0.39 is 11.9 Å². The Balaban J connectivity index is 2.33. The number of likely N-dealkylation sites (N-methyl/N-ethyl adjacent to an activating group) is 1. The molecule has 0 radical (unpaired) electrons. The highest BCUT2D eigenvalue weighted by Crippen LogP contribution is 2.44. The molecule has 0 saturated heterocycles. The first-order valence-corrected chi connectivity index (χ1v) is 7.59. The van der Waals surface area contributed by atoms with Crippen molar-refractivity contribution < 1.29 is 14.2 Å². The minimum Gasteiger partial charge on any atom is -0.497 e. The maximum Gasteiger partial charge on any atom is 0.132 e. The van der Waals surface area contributed by atoms with Crippen LogP contribution in [0.25, 0.3) is 0 Å². The number of aliphatic hydroxyl groups is 1. The predicted molar refractivity (Wildman–Crippen MR) is 82.0 cm³/mol. The summed E-state index contributed by atoms with van der Waals surface area (Å²) in [5, 5.41) is 10.9. The van der Waals surface area contributed by atoms with E-state index in [1.807, 2.05) is 14.1 Å². The monoisotopic (exact) mass is 295 g/mol. The van der Waals surface area contributed by atoms with Gasteiger partial charge in [0.1, 0.15) is 17.7 Å². The molecule has 21 heavy (non-hydrogen) atoms. The van der Waals surface area contributed by atoms with Gasteiger partial charge < -0.3 is 14.7 Å². The Hall–Kier alpha value is -1.13. The van der Waals surface area contributed by atoms with Crippen molar-refractivity contribution in [2.45, 2.75) is 44.2 Å². The van der Waals surface area contributed by atoms with Crippen LogP contribution in [0.2, 0.25) is 0 Å². The normalized spacial score (nSPS) is 27.7. The molecule has 1 unspecified atom stereocenters. The largest absolute Gasteiger partial charge is 0.497 e. The molecule has 2 rings (SSSR count). The van der Waals surface area contributed by atoms with E-state index in [1.54, 1.807) is 12.1 Å². The molecule has 1 aromatic rings. The predicted octanol–water partition coefficient (Wildman–Crippen LogP) is 3.38.